The first-order chi connectivity index (χ1) is 19.2. The topological polar surface area (TPSA) is 135 Å². The summed E-state index contributed by atoms with van der Waals surface area (Å²) in [5.74, 6) is -2.32. The molecule has 0 aromatic heterocycles. The molecule has 0 unspecified atom stereocenters. The predicted octanol–water partition coefficient (Wildman–Crippen LogP) is 2.67. The summed E-state index contributed by atoms with van der Waals surface area (Å²) in [5, 5.41) is 22.4. The molecular weight excluding hydrogens is 530 g/mol. The Balaban J connectivity index is 1.95. The van der Waals surface area contributed by atoms with E-state index in [1.807, 2.05) is 53.6 Å². The van der Waals surface area contributed by atoms with Gasteiger partial charge in [0.2, 0.25) is 0 Å². The van der Waals surface area contributed by atoms with Crippen LogP contribution in [0.3, 0.4) is 0 Å². The molecule has 0 aromatic rings. The number of hydrogen-bond donors (Lipinski definition) is 2. The Morgan fingerprint density at radius 3 is 2.41 bits per heavy atom. The van der Waals surface area contributed by atoms with E-state index in [0.717, 1.165) is 6.29 Å². The molecule has 41 heavy (non-hydrogen) atoms. The molecule has 2 saturated heterocycles. The number of esters is 1. The number of likely N-dealkylation sites (N-methyl/N-ethyl adjacent to an activating group) is 1. The second-order valence-electron chi connectivity index (χ2n) is 12.9. The fourth-order valence-electron chi connectivity index (χ4n) is 6.50. The van der Waals surface area contributed by atoms with E-state index in [2.05, 4.69) is 0 Å². The lowest BCUT2D eigenvalue weighted by Crippen LogP contribution is -2.56. The number of allylic oxidation sites excluding steroid dienone is 1. The van der Waals surface area contributed by atoms with E-state index in [9.17, 15) is 24.6 Å². The first-order valence-electron chi connectivity index (χ1n) is 15.1. The van der Waals surface area contributed by atoms with Crippen molar-refractivity contribution < 1.29 is 43.5 Å². The molecule has 234 valence electrons. The molecule has 0 amide bonds. The van der Waals surface area contributed by atoms with Crippen molar-refractivity contribution in [3.63, 3.8) is 0 Å². The number of aliphatic hydroxyl groups is 2. The molecule has 3 heterocycles. The fraction of sp³-hybridized carbons (Fsp3) is 0.839. The van der Waals surface area contributed by atoms with Crippen LogP contribution in [0, 0.1) is 23.7 Å². The first kappa shape index (κ1) is 33.8. The number of nitrogens with zero attached hydrogens (tertiary/aromatic N) is 1. The van der Waals surface area contributed by atoms with Crippen molar-refractivity contribution in [1.29, 1.82) is 0 Å². The molecular formula is C31H51NO9. The van der Waals surface area contributed by atoms with Gasteiger partial charge in [-0.1, -0.05) is 27.7 Å². The number of cyclic esters (lactones) is 1. The number of carbonyl (C=O) groups is 3. The van der Waals surface area contributed by atoms with Gasteiger partial charge in [-0.05, 0) is 65.3 Å². The standard InChI is InChI=1S/C31H51NO9/c1-9-25-20(5)29-31(6,41-29)12-10-23(34)17(2)14-21(11-13-33)28(19(4)24(35)16-26(36)39-25)40-30-27(37)22(32(7)8)15-18(3)38-30/h10,12-13,17-22,24-25,27-30,35,37H,9,11,14-16H2,1-8H3/b12-10+/t17-,18-,19+,20-,21+,22+,24-,25+,27+,28-,29+,30+,31+/m1/s1. The van der Waals surface area contributed by atoms with Gasteiger partial charge in [0.15, 0.2) is 12.1 Å². The Morgan fingerprint density at radius 2 is 1.80 bits per heavy atom. The first-order valence-corrected chi connectivity index (χ1v) is 15.1. The summed E-state index contributed by atoms with van der Waals surface area (Å²) in [4.78, 5) is 40.0. The van der Waals surface area contributed by atoms with Crippen LogP contribution < -0.4 is 0 Å². The monoisotopic (exact) mass is 581 g/mol. The second kappa shape index (κ2) is 14.2. The van der Waals surface area contributed by atoms with Crippen LogP contribution in [-0.2, 0) is 33.3 Å². The second-order valence-corrected chi connectivity index (χ2v) is 12.9. The van der Waals surface area contributed by atoms with Gasteiger partial charge in [-0.3, -0.25) is 9.59 Å². The van der Waals surface area contributed by atoms with Crippen LogP contribution in [0.15, 0.2) is 12.2 Å². The van der Waals surface area contributed by atoms with E-state index in [-0.39, 0.29) is 42.8 Å². The maximum absolute atomic E-state index is 13.2. The van der Waals surface area contributed by atoms with Gasteiger partial charge in [-0.25, -0.2) is 0 Å². The van der Waals surface area contributed by atoms with E-state index < -0.39 is 60.0 Å². The van der Waals surface area contributed by atoms with Crippen molar-refractivity contribution in [1.82, 2.24) is 4.90 Å². The summed E-state index contributed by atoms with van der Waals surface area (Å²) in [7, 11) is 3.76. The van der Waals surface area contributed by atoms with Gasteiger partial charge in [0.1, 0.15) is 24.1 Å². The lowest BCUT2D eigenvalue weighted by Gasteiger charge is -2.44. The number of aldehydes is 1. The van der Waals surface area contributed by atoms with E-state index in [1.54, 1.807) is 19.1 Å². The Bertz CT molecular complexity index is 941. The maximum atomic E-state index is 13.2. The summed E-state index contributed by atoms with van der Waals surface area (Å²) in [6.07, 6.45) is 0.627. The average Bonchev–Trinajstić information content (AvgIpc) is 3.60. The van der Waals surface area contributed by atoms with Crippen LogP contribution in [-0.4, -0.2) is 102 Å². The summed E-state index contributed by atoms with van der Waals surface area (Å²) >= 11 is 0. The van der Waals surface area contributed by atoms with Gasteiger partial charge >= 0.3 is 5.97 Å². The number of epoxide rings is 1. The van der Waals surface area contributed by atoms with Crippen LogP contribution >= 0.6 is 0 Å². The zero-order valence-electron chi connectivity index (χ0n) is 25.9. The van der Waals surface area contributed by atoms with E-state index in [4.69, 9.17) is 18.9 Å². The van der Waals surface area contributed by atoms with Crippen molar-refractivity contribution in [3.05, 3.63) is 12.2 Å². The van der Waals surface area contributed by atoms with Crippen LogP contribution in [0.25, 0.3) is 0 Å². The van der Waals surface area contributed by atoms with Crippen LogP contribution in [0.5, 0.6) is 0 Å². The summed E-state index contributed by atoms with van der Waals surface area (Å²) < 4.78 is 24.2. The maximum Gasteiger partial charge on any atom is 0.308 e. The van der Waals surface area contributed by atoms with Crippen molar-refractivity contribution >= 4 is 18.0 Å². The normalized spacial score (nSPS) is 45.5. The largest absolute Gasteiger partial charge is 0.462 e. The summed E-state index contributed by atoms with van der Waals surface area (Å²) in [6.45, 7) is 11.3. The van der Waals surface area contributed by atoms with Gasteiger partial charge in [0.25, 0.3) is 0 Å². The van der Waals surface area contributed by atoms with Crippen molar-refractivity contribution in [2.24, 2.45) is 23.7 Å². The Kier molecular flexibility index (Phi) is 11.7. The highest BCUT2D eigenvalue weighted by molar-refractivity contribution is 5.91. The molecule has 0 saturated carbocycles. The van der Waals surface area contributed by atoms with Crippen LogP contribution in [0.2, 0.25) is 0 Å². The molecule has 3 aliphatic heterocycles. The van der Waals surface area contributed by atoms with Gasteiger partial charge in [-0.15, -0.1) is 0 Å². The molecule has 0 radical (unpaired) electrons. The molecule has 0 aromatic carbocycles. The molecule has 2 N–H and O–H groups in total. The van der Waals surface area contributed by atoms with Gasteiger partial charge in [-0.2, -0.15) is 0 Å². The minimum absolute atomic E-state index is 0.0707. The summed E-state index contributed by atoms with van der Waals surface area (Å²) in [6, 6.07) is -0.219. The van der Waals surface area contributed by atoms with Gasteiger partial charge < -0.3 is 38.9 Å². The third-order valence-electron chi connectivity index (χ3n) is 9.29. The number of aliphatic hydroxyl groups excluding tert-OH is 2. The van der Waals surface area contributed by atoms with Gasteiger partial charge in [0.05, 0.1) is 30.8 Å². The Hall–Kier alpha value is -1.69. The number of rotatable bonds is 6. The van der Waals surface area contributed by atoms with Crippen LogP contribution in [0.4, 0.5) is 0 Å². The molecule has 3 rings (SSSR count). The molecule has 10 nitrogen and oxygen atoms in total. The van der Waals surface area contributed by atoms with Crippen molar-refractivity contribution in [2.75, 3.05) is 14.1 Å². The third-order valence-corrected chi connectivity index (χ3v) is 9.29. The quantitative estimate of drug-likeness (QED) is 0.274. The minimum atomic E-state index is -1.15. The highest BCUT2D eigenvalue weighted by Gasteiger charge is 2.55. The highest BCUT2D eigenvalue weighted by Crippen LogP contribution is 2.45. The molecule has 0 bridgehead atoms. The Labute approximate surface area is 244 Å². The van der Waals surface area contributed by atoms with E-state index >= 15 is 0 Å². The van der Waals surface area contributed by atoms with E-state index in [1.165, 1.54) is 0 Å². The predicted molar refractivity (Wildman–Crippen MR) is 152 cm³/mol. The molecule has 10 heteroatoms. The van der Waals surface area contributed by atoms with Crippen LogP contribution in [0.1, 0.15) is 73.6 Å². The zero-order chi connectivity index (χ0) is 30.6. The fourth-order valence-corrected chi connectivity index (χ4v) is 6.50. The number of hydrogen-bond acceptors (Lipinski definition) is 10. The smallest absolute Gasteiger partial charge is 0.308 e. The number of ether oxygens (including phenoxy) is 4. The molecule has 2 fully saturated rings. The summed E-state index contributed by atoms with van der Waals surface area (Å²) in [5.41, 5.74) is -0.637. The molecule has 13 atom stereocenters. The molecule has 0 spiro atoms. The number of ketones is 1. The number of carbonyl (C=O) groups excluding carboxylic acids is 3. The van der Waals surface area contributed by atoms with Gasteiger partial charge in [0, 0.05) is 30.2 Å². The molecule has 3 aliphatic rings. The SMILES string of the molecule is CC[C@@H]1OC(=O)C[C@@H](O)[C@H](C)[C@@H](O[C@@H]2O[C@H](C)C[C@H](N(C)C)[C@@H]2O)[C@@H](CC=O)C[C@@H](C)C(=O)/C=C/[C@]2(C)O[C@H]2[C@@H]1C. The lowest BCUT2D eigenvalue weighted by atomic mass is 9.79. The van der Waals surface area contributed by atoms with E-state index in [0.29, 0.717) is 19.3 Å². The average molecular weight is 582 g/mol. The zero-order valence-corrected chi connectivity index (χ0v) is 25.9. The number of fused-ring (bicyclic) bond motifs is 1. The Morgan fingerprint density at radius 1 is 1.12 bits per heavy atom. The molecule has 0 aliphatic carbocycles. The minimum Gasteiger partial charge on any atom is -0.462 e. The lowest BCUT2D eigenvalue weighted by molar-refractivity contribution is -0.283. The van der Waals surface area contributed by atoms with Crippen molar-refractivity contribution in [3.8, 4) is 0 Å². The highest BCUT2D eigenvalue weighted by atomic mass is 16.7. The third kappa shape index (κ3) is 8.24. The van der Waals surface area contributed by atoms with Crippen molar-refractivity contribution in [2.45, 2.75) is 128 Å².